The maximum Gasteiger partial charge on any atom is 0.310 e. The van der Waals surface area contributed by atoms with E-state index in [1.54, 1.807) is 20.8 Å². The van der Waals surface area contributed by atoms with Crippen LogP contribution in [-0.2, 0) is 22.5 Å². The molecule has 38 heavy (non-hydrogen) atoms. The fourth-order valence-electron chi connectivity index (χ4n) is 4.86. The van der Waals surface area contributed by atoms with Gasteiger partial charge < -0.3 is 24.4 Å². The molecule has 8 heteroatoms. The molecule has 2 aromatic carbocycles. The number of anilines is 2. The van der Waals surface area contributed by atoms with Crippen LogP contribution in [0.1, 0.15) is 43.2 Å². The molecule has 0 aliphatic carbocycles. The van der Waals surface area contributed by atoms with Gasteiger partial charge in [0, 0.05) is 24.2 Å². The molecule has 2 N–H and O–H groups in total. The van der Waals surface area contributed by atoms with Crippen molar-refractivity contribution < 1.29 is 19.7 Å². The van der Waals surface area contributed by atoms with Crippen molar-refractivity contribution in [3.05, 3.63) is 65.1 Å². The zero-order valence-corrected chi connectivity index (χ0v) is 23.2. The summed E-state index contributed by atoms with van der Waals surface area (Å²) in [5.74, 6) is 0.268. The Balaban J connectivity index is 0.000000617. The Kier molecular flexibility index (Phi) is 7.47. The molecule has 0 radical (unpaired) electrons. The van der Waals surface area contributed by atoms with Gasteiger partial charge in [0.2, 0.25) is 5.95 Å². The highest BCUT2D eigenvalue weighted by Gasteiger charge is 2.30. The Morgan fingerprint density at radius 3 is 2.24 bits per heavy atom. The van der Waals surface area contributed by atoms with Crippen LogP contribution in [-0.4, -0.2) is 50.0 Å². The van der Waals surface area contributed by atoms with Gasteiger partial charge in [0.1, 0.15) is 0 Å². The lowest BCUT2D eigenvalue weighted by Gasteiger charge is -2.33. The zero-order valence-electron chi connectivity index (χ0n) is 23.2. The lowest BCUT2D eigenvalue weighted by molar-refractivity contribution is -0.139. The SMILES string of the molecule is CC(C)(C)O.COC(=O)Cc1c(C)c2c3c(cc(C)n3CCN2c2ncc(O)cn2)c1-c1ccc(C)cc1. The molecular formula is C30H36N4O4. The monoisotopic (exact) mass is 516 g/mol. The van der Waals surface area contributed by atoms with Crippen molar-refractivity contribution in [2.24, 2.45) is 0 Å². The number of aromatic nitrogens is 3. The summed E-state index contributed by atoms with van der Waals surface area (Å²) in [7, 11) is 1.42. The lowest BCUT2D eigenvalue weighted by Crippen LogP contribution is -2.30. The van der Waals surface area contributed by atoms with Crippen LogP contribution >= 0.6 is 0 Å². The summed E-state index contributed by atoms with van der Waals surface area (Å²) >= 11 is 0. The van der Waals surface area contributed by atoms with E-state index in [0.717, 1.165) is 45.4 Å². The normalized spacial score (nSPS) is 12.8. The minimum Gasteiger partial charge on any atom is -0.505 e. The number of methoxy groups -OCH3 is 1. The number of esters is 1. The maximum atomic E-state index is 12.5. The Bertz CT molecular complexity index is 1460. The molecule has 5 rings (SSSR count). The first-order chi connectivity index (χ1) is 17.9. The van der Waals surface area contributed by atoms with Crippen LogP contribution in [0.3, 0.4) is 0 Å². The van der Waals surface area contributed by atoms with Crippen LogP contribution in [0.25, 0.3) is 22.0 Å². The number of aryl methyl sites for hydroxylation is 2. The smallest absolute Gasteiger partial charge is 0.310 e. The number of rotatable bonds is 4. The molecule has 0 saturated carbocycles. The van der Waals surface area contributed by atoms with E-state index in [1.165, 1.54) is 30.8 Å². The highest BCUT2D eigenvalue weighted by atomic mass is 16.5. The molecule has 0 bridgehead atoms. The van der Waals surface area contributed by atoms with Gasteiger partial charge in [-0.05, 0) is 69.9 Å². The van der Waals surface area contributed by atoms with E-state index >= 15 is 0 Å². The molecular weight excluding hydrogens is 480 g/mol. The average molecular weight is 517 g/mol. The molecule has 1 aliphatic heterocycles. The quantitative estimate of drug-likeness (QED) is 0.352. The van der Waals surface area contributed by atoms with E-state index in [0.29, 0.717) is 12.5 Å². The summed E-state index contributed by atoms with van der Waals surface area (Å²) in [6.07, 6.45) is 2.98. The summed E-state index contributed by atoms with van der Waals surface area (Å²) in [5.41, 5.74) is 8.03. The standard InChI is InChI=1S/C26H26N4O3.C4H10O/c1-15-5-7-18(8-6-15)23-20(12-22(32)33-4)17(3)24-25-21(23)11-16(2)29(25)9-10-30(24)26-27-13-19(31)14-28-26;1-4(2,3)5/h5-8,11,13-14,31H,9-10,12H2,1-4H3;5H,1-3H3. The lowest BCUT2D eigenvalue weighted by atomic mass is 9.88. The van der Waals surface area contributed by atoms with Crippen molar-refractivity contribution >= 4 is 28.5 Å². The Hall–Kier alpha value is -3.91. The fraction of sp³-hybridized carbons (Fsp3) is 0.367. The van der Waals surface area contributed by atoms with Crippen molar-refractivity contribution in [2.75, 3.05) is 18.6 Å². The summed E-state index contributed by atoms with van der Waals surface area (Å²) in [6.45, 7) is 12.9. The molecule has 200 valence electrons. The fourth-order valence-corrected chi connectivity index (χ4v) is 4.86. The number of carbonyl (C=O) groups excluding carboxylic acids is 1. The van der Waals surface area contributed by atoms with Crippen molar-refractivity contribution in [2.45, 2.75) is 60.1 Å². The van der Waals surface area contributed by atoms with Crippen LogP contribution in [0.4, 0.5) is 11.6 Å². The van der Waals surface area contributed by atoms with E-state index in [-0.39, 0.29) is 18.1 Å². The van der Waals surface area contributed by atoms with Gasteiger partial charge in [-0.1, -0.05) is 29.8 Å². The van der Waals surface area contributed by atoms with Gasteiger partial charge in [-0.3, -0.25) is 4.79 Å². The number of nitrogens with zero attached hydrogens (tertiary/aromatic N) is 4. The first kappa shape index (κ1) is 27.1. The van der Waals surface area contributed by atoms with E-state index in [2.05, 4.69) is 70.5 Å². The molecule has 1 aliphatic rings. The van der Waals surface area contributed by atoms with E-state index in [9.17, 15) is 9.90 Å². The van der Waals surface area contributed by atoms with Crippen molar-refractivity contribution in [1.29, 1.82) is 0 Å². The second-order valence-corrected chi connectivity index (χ2v) is 10.7. The molecule has 0 saturated heterocycles. The molecule has 3 heterocycles. The zero-order chi connectivity index (χ0) is 27.8. The second kappa shape index (κ2) is 10.5. The second-order valence-electron chi connectivity index (χ2n) is 10.7. The van der Waals surface area contributed by atoms with Crippen molar-refractivity contribution in [1.82, 2.24) is 14.5 Å². The van der Waals surface area contributed by atoms with Gasteiger partial charge in [0.15, 0.2) is 5.75 Å². The van der Waals surface area contributed by atoms with Crippen LogP contribution in [0.15, 0.2) is 42.7 Å². The van der Waals surface area contributed by atoms with E-state index in [1.807, 2.05) is 0 Å². The van der Waals surface area contributed by atoms with E-state index in [4.69, 9.17) is 9.84 Å². The molecule has 8 nitrogen and oxygen atoms in total. The summed E-state index contributed by atoms with van der Waals surface area (Å²) in [6, 6.07) is 10.6. The van der Waals surface area contributed by atoms with Gasteiger partial charge >= 0.3 is 5.97 Å². The van der Waals surface area contributed by atoms with Crippen molar-refractivity contribution in [3.63, 3.8) is 0 Å². The first-order valence-corrected chi connectivity index (χ1v) is 12.7. The molecule has 0 fully saturated rings. The number of ether oxygens (including phenoxy) is 1. The Morgan fingerprint density at radius 1 is 1.05 bits per heavy atom. The van der Waals surface area contributed by atoms with Crippen LogP contribution in [0.5, 0.6) is 5.75 Å². The number of benzene rings is 2. The average Bonchev–Trinajstić information content (AvgIpc) is 3.19. The molecule has 2 aromatic heterocycles. The maximum absolute atomic E-state index is 12.5. The van der Waals surface area contributed by atoms with Gasteiger partial charge in [0.25, 0.3) is 0 Å². The minimum absolute atomic E-state index is 0.0259. The van der Waals surface area contributed by atoms with Crippen LogP contribution in [0.2, 0.25) is 0 Å². The van der Waals surface area contributed by atoms with Gasteiger partial charge in [-0.15, -0.1) is 0 Å². The molecule has 4 aromatic rings. The molecule has 0 atom stereocenters. The molecule has 0 amide bonds. The van der Waals surface area contributed by atoms with Crippen molar-refractivity contribution in [3.8, 4) is 16.9 Å². The minimum atomic E-state index is -0.500. The Labute approximate surface area is 223 Å². The predicted octanol–water partition coefficient (Wildman–Crippen LogP) is 5.37. The first-order valence-electron chi connectivity index (χ1n) is 12.7. The van der Waals surface area contributed by atoms with Gasteiger partial charge in [-0.25, -0.2) is 9.97 Å². The summed E-state index contributed by atoms with van der Waals surface area (Å²) < 4.78 is 7.39. The van der Waals surface area contributed by atoms with Gasteiger partial charge in [-0.2, -0.15) is 0 Å². The van der Waals surface area contributed by atoms with Gasteiger partial charge in [0.05, 0.1) is 42.7 Å². The predicted molar refractivity (Wildman–Crippen MR) is 150 cm³/mol. The largest absolute Gasteiger partial charge is 0.505 e. The molecule has 0 unspecified atom stereocenters. The third-order valence-corrected chi connectivity index (χ3v) is 6.48. The third kappa shape index (κ3) is 5.50. The van der Waals surface area contributed by atoms with Crippen LogP contribution in [0, 0.1) is 20.8 Å². The number of aromatic hydroxyl groups is 1. The highest BCUT2D eigenvalue weighted by molar-refractivity contribution is 6.08. The highest BCUT2D eigenvalue weighted by Crippen LogP contribution is 2.46. The molecule has 0 spiro atoms. The van der Waals surface area contributed by atoms with E-state index < -0.39 is 5.60 Å². The number of aliphatic hydroxyl groups is 1. The third-order valence-electron chi connectivity index (χ3n) is 6.48. The van der Waals surface area contributed by atoms with Crippen LogP contribution < -0.4 is 4.90 Å². The Morgan fingerprint density at radius 2 is 1.66 bits per heavy atom. The number of carbonyl (C=O) groups is 1. The summed E-state index contributed by atoms with van der Waals surface area (Å²) in [5, 5.41) is 19.3. The summed E-state index contributed by atoms with van der Waals surface area (Å²) in [4.78, 5) is 23.3. The topological polar surface area (TPSA) is 101 Å². The number of hydrogen-bond acceptors (Lipinski definition) is 7. The number of hydrogen-bond donors (Lipinski definition) is 2.